The fraction of sp³-hybridized carbons (Fsp3) is 0.222. The highest BCUT2D eigenvalue weighted by atomic mass is 16.5. The smallest absolute Gasteiger partial charge is 0.0745 e. The quantitative estimate of drug-likeness (QED) is 0.712. The molecule has 2 nitrogen and oxygen atoms in total. The molecule has 3 rings (SSSR count). The number of fused-ring (bicyclic) bond motifs is 2. The van der Waals surface area contributed by atoms with Crippen LogP contribution >= 0.6 is 0 Å². The third-order valence-corrected chi connectivity index (χ3v) is 3.02. The van der Waals surface area contributed by atoms with E-state index in [9.17, 15) is 0 Å². The average molecular weight is 268 g/mol. The van der Waals surface area contributed by atoms with E-state index in [4.69, 9.17) is 5.11 Å². The van der Waals surface area contributed by atoms with E-state index in [0.29, 0.717) is 6.61 Å². The van der Waals surface area contributed by atoms with E-state index in [2.05, 4.69) is 65.4 Å². The minimum atomic E-state index is -0.324. The third-order valence-electron chi connectivity index (χ3n) is 3.02. The zero-order valence-corrected chi connectivity index (χ0v) is 11.9. The first kappa shape index (κ1) is 14.5. The molecule has 0 amide bonds. The molecule has 0 radical (unpaired) electrons. The number of hydrogen-bond acceptors (Lipinski definition) is 2. The highest BCUT2D eigenvalue weighted by Crippen LogP contribution is 2.21. The molecule has 1 unspecified atom stereocenters. The summed E-state index contributed by atoms with van der Waals surface area (Å²) in [6.07, 6.45) is -0.324. The van der Waals surface area contributed by atoms with Crippen molar-refractivity contribution in [1.82, 2.24) is 0 Å². The fourth-order valence-electron chi connectivity index (χ4n) is 2.12. The summed E-state index contributed by atoms with van der Waals surface area (Å²) in [5, 5.41) is 13.7. The van der Waals surface area contributed by atoms with Crippen LogP contribution in [0.25, 0.3) is 21.5 Å². The van der Waals surface area contributed by atoms with Crippen LogP contribution in [0.3, 0.4) is 0 Å². The molecule has 0 bridgehead atoms. The molecule has 2 heteroatoms. The van der Waals surface area contributed by atoms with Crippen molar-refractivity contribution in [2.24, 2.45) is 0 Å². The second-order valence-electron chi connectivity index (χ2n) is 4.85. The molecule has 0 aliphatic rings. The van der Waals surface area contributed by atoms with Gasteiger partial charge in [0.1, 0.15) is 0 Å². The summed E-state index contributed by atoms with van der Waals surface area (Å²) in [6, 6.07) is 21.4. The molecule has 20 heavy (non-hydrogen) atoms. The second-order valence-corrected chi connectivity index (χ2v) is 4.85. The van der Waals surface area contributed by atoms with Gasteiger partial charge in [-0.05, 0) is 40.6 Å². The first-order valence-corrected chi connectivity index (χ1v) is 6.75. The molecule has 0 saturated carbocycles. The summed E-state index contributed by atoms with van der Waals surface area (Å²) >= 11 is 0. The van der Waals surface area contributed by atoms with Crippen LogP contribution in [0.5, 0.6) is 0 Å². The number of aliphatic hydroxyl groups excluding tert-OH is 1. The largest absolute Gasteiger partial charge is 0.391 e. The van der Waals surface area contributed by atoms with Crippen LogP contribution in [-0.4, -0.2) is 24.9 Å². The molecule has 0 aromatic heterocycles. The van der Waals surface area contributed by atoms with E-state index in [1.807, 2.05) is 0 Å². The Hall–Kier alpha value is -1.90. The van der Waals surface area contributed by atoms with Gasteiger partial charge in [0, 0.05) is 7.11 Å². The van der Waals surface area contributed by atoms with Crippen molar-refractivity contribution in [3.63, 3.8) is 0 Å². The van der Waals surface area contributed by atoms with Gasteiger partial charge in [-0.3, -0.25) is 0 Å². The summed E-state index contributed by atoms with van der Waals surface area (Å²) in [4.78, 5) is 0. The molecule has 0 heterocycles. The Balaban J connectivity index is 0.000000212. The fourth-order valence-corrected chi connectivity index (χ4v) is 2.12. The van der Waals surface area contributed by atoms with Crippen molar-refractivity contribution in [3.05, 3.63) is 60.7 Å². The summed E-state index contributed by atoms with van der Waals surface area (Å²) in [5.41, 5.74) is 0. The van der Waals surface area contributed by atoms with Gasteiger partial charge in [0.2, 0.25) is 0 Å². The SMILES string of the molecule is COCC(C)O.c1ccc2cc3ccccc3cc2c1. The normalized spacial score (nSPS) is 11.9. The van der Waals surface area contributed by atoms with Crippen molar-refractivity contribution in [3.8, 4) is 0 Å². The summed E-state index contributed by atoms with van der Waals surface area (Å²) in [6.45, 7) is 2.11. The summed E-state index contributed by atoms with van der Waals surface area (Å²) in [7, 11) is 1.56. The molecule has 0 saturated heterocycles. The predicted octanol–water partition coefficient (Wildman–Crippen LogP) is 4.01. The van der Waals surface area contributed by atoms with Crippen LogP contribution in [0.1, 0.15) is 6.92 Å². The number of benzene rings is 3. The van der Waals surface area contributed by atoms with Crippen LogP contribution < -0.4 is 0 Å². The van der Waals surface area contributed by atoms with Gasteiger partial charge in [0.15, 0.2) is 0 Å². The first-order chi connectivity index (χ1) is 9.70. The van der Waals surface area contributed by atoms with E-state index in [-0.39, 0.29) is 6.10 Å². The standard InChI is InChI=1S/C14H10.C4H10O2/c1-2-6-12-10-14-8-4-3-7-13(14)9-11(12)5-1;1-4(5)3-6-2/h1-10H;4-5H,3H2,1-2H3. The van der Waals surface area contributed by atoms with E-state index in [0.717, 1.165) is 0 Å². The Morgan fingerprint density at radius 3 is 1.40 bits per heavy atom. The van der Waals surface area contributed by atoms with Crippen molar-refractivity contribution in [1.29, 1.82) is 0 Å². The topological polar surface area (TPSA) is 29.5 Å². The number of aliphatic hydroxyl groups is 1. The molecule has 3 aromatic carbocycles. The van der Waals surface area contributed by atoms with Crippen LogP contribution in [0, 0.1) is 0 Å². The lowest BCUT2D eigenvalue weighted by Crippen LogP contribution is -2.07. The van der Waals surface area contributed by atoms with Gasteiger partial charge in [-0.15, -0.1) is 0 Å². The molecular weight excluding hydrogens is 248 g/mol. The maximum atomic E-state index is 8.43. The number of rotatable bonds is 2. The lowest BCUT2D eigenvalue weighted by molar-refractivity contribution is 0.0765. The maximum absolute atomic E-state index is 8.43. The van der Waals surface area contributed by atoms with Gasteiger partial charge >= 0.3 is 0 Å². The van der Waals surface area contributed by atoms with Crippen molar-refractivity contribution >= 4 is 21.5 Å². The summed E-state index contributed by atoms with van der Waals surface area (Å²) in [5.74, 6) is 0. The van der Waals surface area contributed by atoms with Crippen molar-refractivity contribution < 1.29 is 9.84 Å². The molecule has 0 spiro atoms. The minimum Gasteiger partial charge on any atom is -0.391 e. The van der Waals surface area contributed by atoms with E-state index in [1.54, 1.807) is 14.0 Å². The monoisotopic (exact) mass is 268 g/mol. The minimum absolute atomic E-state index is 0.324. The van der Waals surface area contributed by atoms with Gasteiger partial charge in [-0.2, -0.15) is 0 Å². The molecule has 1 N–H and O–H groups in total. The van der Waals surface area contributed by atoms with Gasteiger partial charge in [-0.1, -0.05) is 48.5 Å². The van der Waals surface area contributed by atoms with Crippen molar-refractivity contribution in [2.75, 3.05) is 13.7 Å². The van der Waals surface area contributed by atoms with E-state index >= 15 is 0 Å². The van der Waals surface area contributed by atoms with Gasteiger partial charge in [-0.25, -0.2) is 0 Å². The lowest BCUT2D eigenvalue weighted by atomic mass is 10.0. The number of methoxy groups -OCH3 is 1. The number of hydrogen-bond donors (Lipinski definition) is 1. The van der Waals surface area contributed by atoms with Crippen molar-refractivity contribution in [2.45, 2.75) is 13.0 Å². The van der Waals surface area contributed by atoms with E-state index < -0.39 is 0 Å². The van der Waals surface area contributed by atoms with Gasteiger partial charge in [0.05, 0.1) is 12.7 Å². The maximum Gasteiger partial charge on any atom is 0.0745 e. The Bertz CT molecular complexity index is 569. The molecule has 104 valence electrons. The second kappa shape index (κ2) is 7.04. The highest BCUT2D eigenvalue weighted by molar-refractivity contribution is 5.98. The molecular formula is C18H20O2. The van der Waals surface area contributed by atoms with E-state index in [1.165, 1.54) is 21.5 Å². The Morgan fingerprint density at radius 2 is 1.20 bits per heavy atom. The lowest BCUT2D eigenvalue weighted by Gasteiger charge is -2.00. The van der Waals surface area contributed by atoms with Crippen LogP contribution in [0.15, 0.2) is 60.7 Å². The molecule has 0 aliphatic carbocycles. The Labute approximate surface area is 119 Å². The first-order valence-electron chi connectivity index (χ1n) is 6.75. The molecule has 1 atom stereocenters. The van der Waals surface area contributed by atoms with Crippen LogP contribution in [-0.2, 0) is 4.74 Å². The highest BCUT2D eigenvalue weighted by Gasteiger charge is 1.95. The van der Waals surface area contributed by atoms with Gasteiger partial charge in [0.25, 0.3) is 0 Å². The van der Waals surface area contributed by atoms with Crippen LogP contribution in [0.4, 0.5) is 0 Å². The Kier molecular flexibility index (Phi) is 5.10. The molecule has 3 aromatic rings. The van der Waals surface area contributed by atoms with Crippen LogP contribution in [0.2, 0.25) is 0 Å². The molecule has 0 aliphatic heterocycles. The summed E-state index contributed by atoms with van der Waals surface area (Å²) < 4.78 is 4.55. The Morgan fingerprint density at radius 1 is 0.850 bits per heavy atom. The molecule has 0 fully saturated rings. The predicted molar refractivity (Wildman–Crippen MR) is 85.0 cm³/mol. The average Bonchev–Trinajstić information content (AvgIpc) is 2.45. The van der Waals surface area contributed by atoms with Gasteiger partial charge < -0.3 is 9.84 Å². The third kappa shape index (κ3) is 3.80. The zero-order chi connectivity index (χ0) is 14.4. The zero-order valence-electron chi connectivity index (χ0n) is 11.9. The number of ether oxygens (including phenoxy) is 1.